The molecule has 2 aliphatic carbocycles. The SMILES string of the molecule is CC(C)C(CCN)CCC(=O)N(CC1CC1)C1CC1. The number of rotatable bonds is 9. The molecule has 2 rings (SSSR count). The van der Waals surface area contributed by atoms with Crippen LogP contribution in [0.3, 0.4) is 0 Å². The van der Waals surface area contributed by atoms with Gasteiger partial charge in [0.2, 0.25) is 5.91 Å². The Morgan fingerprint density at radius 2 is 1.89 bits per heavy atom. The van der Waals surface area contributed by atoms with Crippen molar-refractivity contribution in [2.45, 2.75) is 64.8 Å². The van der Waals surface area contributed by atoms with Crippen LogP contribution in [-0.4, -0.2) is 29.9 Å². The first-order valence-electron chi connectivity index (χ1n) is 8.11. The molecule has 19 heavy (non-hydrogen) atoms. The third-order valence-corrected chi connectivity index (χ3v) is 4.67. The van der Waals surface area contributed by atoms with Gasteiger partial charge in [0.25, 0.3) is 0 Å². The summed E-state index contributed by atoms with van der Waals surface area (Å²) in [6.45, 7) is 6.26. The van der Waals surface area contributed by atoms with E-state index in [0.29, 0.717) is 23.8 Å². The smallest absolute Gasteiger partial charge is 0.222 e. The lowest BCUT2D eigenvalue weighted by atomic mass is 9.88. The van der Waals surface area contributed by atoms with Crippen LogP contribution >= 0.6 is 0 Å². The molecule has 0 bridgehead atoms. The Balaban J connectivity index is 1.77. The maximum Gasteiger partial charge on any atom is 0.222 e. The first-order chi connectivity index (χ1) is 9.11. The van der Waals surface area contributed by atoms with Crippen LogP contribution in [0.1, 0.15) is 58.8 Å². The Hall–Kier alpha value is -0.570. The van der Waals surface area contributed by atoms with Crippen molar-refractivity contribution in [3.05, 3.63) is 0 Å². The van der Waals surface area contributed by atoms with Gasteiger partial charge < -0.3 is 10.6 Å². The van der Waals surface area contributed by atoms with Gasteiger partial charge >= 0.3 is 0 Å². The fourth-order valence-corrected chi connectivity index (χ4v) is 2.90. The van der Waals surface area contributed by atoms with E-state index < -0.39 is 0 Å². The van der Waals surface area contributed by atoms with Crippen molar-refractivity contribution in [2.24, 2.45) is 23.5 Å². The van der Waals surface area contributed by atoms with E-state index in [1.165, 1.54) is 25.7 Å². The predicted molar refractivity (Wildman–Crippen MR) is 78.7 cm³/mol. The predicted octanol–water partition coefficient (Wildman–Crippen LogP) is 2.79. The van der Waals surface area contributed by atoms with Crippen LogP contribution in [0.4, 0.5) is 0 Å². The summed E-state index contributed by atoms with van der Waals surface area (Å²) >= 11 is 0. The first kappa shape index (κ1) is 14.8. The van der Waals surface area contributed by atoms with Gasteiger partial charge in [0.05, 0.1) is 0 Å². The molecule has 3 heteroatoms. The molecule has 2 aliphatic rings. The third-order valence-electron chi connectivity index (χ3n) is 4.67. The van der Waals surface area contributed by atoms with Crippen LogP contribution in [-0.2, 0) is 4.79 Å². The zero-order chi connectivity index (χ0) is 13.8. The van der Waals surface area contributed by atoms with Gasteiger partial charge in [0.15, 0.2) is 0 Å². The molecule has 0 radical (unpaired) electrons. The molecule has 0 spiro atoms. The van der Waals surface area contributed by atoms with Gasteiger partial charge in [-0.25, -0.2) is 0 Å². The van der Waals surface area contributed by atoms with Crippen LogP contribution in [0.25, 0.3) is 0 Å². The van der Waals surface area contributed by atoms with E-state index in [-0.39, 0.29) is 0 Å². The largest absolute Gasteiger partial charge is 0.339 e. The maximum absolute atomic E-state index is 12.4. The zero-order valence-electron chi connectivity index (χ0n) is 12.6. The second kappa shape index (κ2) is 6.74. The molecule has 0 aliphatic heterocycles. The van der Waals surface area contributed by atoms with Gasteiger partial charge in [0, 0.05) is 19.0 Å². The van der Waals surface area contributed by atoms with Crippen molar-refractivity contribution in [3.63, 3.8) is 0 Å². The molecule has 110 valence electrons. The second-order valence-electron chi connectivity index (χ2n) is 6.84. The Morgan fingerprint density at radius 3 is 2.37 bits per heavy atom. The highest BCUT2D eigenvalue weighted by atomic mass is 16.2. The molecular formula is C16H30N2O. The lowest BCUT2D eigenvalue weighted by molar-refractivity contribution is -0.132. The van der Waals surface area contributed by atoms with Crippen LogP contribution < -0.4 is 5.73 Å². The summed E-state index contributed by atoms with van der Waals surface area (Å²) < 4.78 is 0. The minimum absolute atomic E-state index is 0.400. The van der Waals surface area contributed by atoms with Gasteiger partial charge in [0.1, 0.15) is 0 Å². The van der Waals surface area contributed by atoms with Crippen molar-refractivity contribution >= 4 is 5.91 Å². The molecule has 0 aromatic carbocycles. The van der Waals surface area contributed by atoms with E-state index in [4.69, 9.17) is 5.73 Å². The standard InChI is InChI=1S/C16H30N2O/c1-12(2)14(9-10-17)5-8-16(19)18(15-6-7-15)11-13-3-4-13/h12-15H,3-11,17H2,1-2H3. The highest BCUT2D eigenvalue weighted by Gasteiger charge is 2.36. The molecular weight excluding hydrogens is 236 g/mol. The topological polar surface area (TPSA) is 46.3 Å². The molecule has 0 aromatic rings. The number of hydrogen-bond acceptors (Lipinski definition) is 2. The number of hydrogen-bond donors (Lipinski definition) is 1. The summed E-state index contributed by atoms with van der Waals surface area (Å²) in [6, 6.07) is 0.583. The van der Waals surface area contributed by atoms with E-state index >= 15 is 0 Å². The monoisotopic (exact) mass is 266 g/mol. The molecule has 2 N–H and O–H groups in total. The average molecular weight is 266 g/mol. The quantitative estimate of drug-likeness (QED) is 0.697. The van der Waals surface area contributed by atoms with Gasteiger partial charge in [-0.3, -0.25) is 4.79 Å². The van der Waals surface area contributed by atoms with E-state index in [2.05, 4.69) is 18.7 Å². The molecule has 0 saturated heterocycles. The molecule has 2 fully saturated rings. The van der Waals surface area contributed by atoms with E-state index in [9.17, 15) is 4.79 Å². The highest BCUT2D eigenvalue weighted by Crippen LogP contribution is 2.35. The number of nitrogens with two attached hydrogens (primary N) is 1. The Bertz CT molecular complexity index is 295. The minimum Gasteiger partial charge on any atom is -0.339 e. The highest BCUT2D eigenvalue weighted by molar-refractivity contribution is 5.76. The molecule has 1 atom stereocenters. The lowest BCUT2D eigenvalue weighted by Crippen LogP contribution is -2.35. The Morgan fingerprint density at radius 1 is 1.21 bits per heavy atom. The van der Waals surface area contributed by atoms with Crippen molar-refractivity contribution < 1.29 is 4.79 Å². The van der Waals surface area contributed by atoms with Gasteiger partial charge in [-0.05, 0) is 62.8 Å². The van der Waals surface area contributed by atoms with Gasteiger partial charge in [-0.1, -0.05) is 13.8 Å². The molecule has 3 nitrogen and oxygen atoms in total. The molecule has 1 unspecified atom stereocenters. The summed E-state index contributed by atoms with van der Waals surface area (Å²) in [4.78, 5) is 14.6. The van der Waals surface area contributed by atoms with Crippen LogP contribution in [0, 0.1) is 17.8 Å². The molecule has 0 aromatic heterocycles. The number of carbonyl (C=O) groups excluding carboxylic acids is 1. The molecule has 1 amide bonds. The van der Waals surface area contributed by atoms with Crippen molar-refractivity contribution in [1.29, 1.82) is 0 Å². The zero-order valence-corrected chi connectivity index (χ0v) is 12.6. The summed E-state index contributed by atoms with van der Waals surface area (Å²) in [7, 11) is 0. The normalized spacial score (nSPS) is 20.6. The van der Waals surface area contributed by atoms with E-state index in [1.807, 2.05) is 0 Å². The lowest BCUT2D eigenvalue weighted by Gasteiger charge is -2.25. The van der Waals surface area contributed by atoms with E-state index in [0.717, 1.165) is 38.3 Å². The van der Waals surface area contributed by atoms with Crippen molar-refractivity contribution in [3.8, 4) is 0 Å². The van der Waals surface area contributed by atoms with Gasteiger partial charge in [-0.15, -0.1) is 0 Å². The first-order valence-corrected chi connectivity index (χ1v) is 8.11. The fourth-order valence-electron chi connectivity index (χ4n) is 2.90. The van der Waals surface area contributed by atoms with Crippen molar-refractivity contribution in [1.82, 2.24) is 4.90 Å². The molecule has 0 heterocycles. The average Bonchev–Trinajstić information content (AvgIpc) is 3.24. The molecule has 2 saturated carbocycles. The van der Waals surface area contributed by atoms with E-state index in [1.54, 1.807) is 0 Å². The summed E-state index contributed by atoms with van der Waals surface area (Å²) in [5, 5.41) is 0. The van der Waals surface area contributed by atoms with Crippen LogP contribution in [0.15, 0.2) is 0 Å². The second-order valence-corrected chi connectivity index (χ2v) is 6.84. The fraction of sp³-hybridized carbons (Fsp3) is 0.938. The Kier molecular flexibility index (Phi) is 5.26. The van der Waals surface area contributed by atoms with Gasteiger partial charge in [-0.2, -0.15) is 0 Å². The Labute approximate surface area is 117 Å². The van der Waals surface area contributed by atoms with Crippen molar-refractivity contribution in [2.75, 3.05) is 13.1 Å². The van der Waals surface area contributed by atoms with Crippen LogP contribution in [0.5, 0.6) is 0 Å². The summed E-state index contributed by atoms with van der Waals surface area (Å²) in [5.41, 5.74) is 5.67. The third kappa shape index (κ3) is 4.79. The summed E-state index contributed by atoms with van der Waals surface area (Å²) in [6.07, 6.45) is 7.92. The van der Waals surface area contributed by atoms with Crippen LogP contribution in [0.2, 0.25) is 0 Å². The number of nitrogens with zero attached hydrogens (tertiary/aromatic N) is 1. The number of amides is 1. The summed E-state index contributed by atoms with van der Waals surface area (Å²) in [5.74, 6) is 2.46. The minimum atomic E-state index is 0.400. The maximum atomic E-state index is 12.4. The number of carbonyl (C=O) groups is 1.